The van der Waals surface area contributed by atoms with Gasteiger partial charge in [-0.2, -0.15) is 0 Å². The van der Waals surface area contributed by atoms with Crippen molar-refractivity contribution in [3.8, 4) is 0 Å². The number of aliphatic hydroxyl groups is 1. The van der Waals surface area contributed by atoms with Gasteiger partial charge in [-0.1, -0.05) is 0 Å². The molecular weight excluding hydrogens is 207 g/mol. The van der Waals surface area contributed by atoms with Crippen LogP contribution in [0.2, 0.25) is 0 Å². The average molecular weight is 211 g/mol. The Morgan fingerprint density at radius 2 is 0.909 bits per heavy atom. The molecule has 0 aliphatic heterocycles. The maximum atomic E-state index is 8.25. The minimum Gasteiger partial charge on any atom is -0.400 e. The van der Waals surface area contributed by atoms with Gasteiger partial charge in [0.1, 0.15) is 0 Å². The zero-order valence-electron chi connectivity index (χ0n) is 5.17. The molecule has 0 aromatic carbocycles. The molecule has 0 rings (SSSR count). The fourth-order valence-electron chi connectivity index (χ4n) is 0. The quantitative estimate of drug-likeness (QED) is 0.310. The van der Waals surface area contributed by atoms with Gasteiger partial charge in [-0.05, 0) is 0 Å². The van der Waals surface area contributed by atoms with E-state index >= 15 is 0 Å². The summed E-state index contributed by atoms with van der Waals surface area (Å²) in [5.74, 6) is 0. The van der Waals surface area contributed by atoms with Gasteiger partial charge in [0.2, 0.25) is 0 Å². The minimum atomic E-state index is -1.75. The van der Waals surface area contributed by atoms with Crippen LogP contribution in [-0.2, 0) is 17.1 Å². The molecule has 0 amide bonds. The van der Waals surface area contributed by atoms with Crippen molar-refractivity contribution in [2.75, 3.05) is 7.11 Å². The first-order chi connectivity index (χ1) is 4.46. The Kier molecular flexibility index (Phi) is 47.4. The molecule has 0 spiro atoms. The monoisotopic (exact) mass is 211 g/mol. The maximum absolute atomic E-state index is 8.25. The fourth-order valence-corrected chi connectivity index (χ4v) is 0. The second-order valence-corrected chi connectivity index (χ2v) is 0.447. The summed E-state index contributed by atoms with van der Waals surface area (Å²) in [7, 11) is 1.00. The number of nitrogens with zero attached hydrogens (tertiary/aromatic N) is 2. The zero-order valence-corrected chi connectivity index (χ0v) is 6.35. The number of aliphatic hydroxyl groups excluding tert-OH is 1. The van der Waals surface area contributed by atoms with Crippen LogP contribution in [0, 0.1) is 30.6 Å². The van der Waals surface area contributed by atoms with E-state index < -0.39 is 10.2 Å². The van der Waals surface area contributed by atoms with Gasteiger partial charge < -0.3 is 35.7 Å². The van der Waals surface area contributed by atoms with Crippen LogP contribution >= 0.6 is 0 Å². The van der Waals surface area contributed by atoms with Crippen molar-refractivity contribution in [1.82, 2.24) is 0 Å². The van der Waals surface area contributed by atoms with Gasteiger partial charge in [-0.3, -0.25) is 0 Å². The third-order valence-corrected chi connectivity index (χ3v) is 0. The van der Waals surface area contributed by atoms with Gasteiger partial charge in [-0.15, -0.1) is 0 Å². The van der Waals surface area contributed by atoms with E-state index in [1.54, 1.807) is 0 Å². The summed E-state index contributed by atoms with van der Waals surface area (Å²) in [4.78, 5) is 16.5. The number of hydrogen-bond acceptors (Lipinski definition) is 7. The van der Waals surface area contributed by atoms with Crippen molar-refractivity contribution in [2.24, 2.45) is 0 Å². The predicted octanol–water partition coefficient (Wildman–Crippen LogP) is -0.872. The predicted molar refractivity (Wildman–Crippen MR) is 28.9 cm³/mol. The summed E-state index contributed by atoms with van der Waals surface area (Å²) in [6, 6.07) is 0. The standard InChI is InChI=1S/CH4O.Mn.2NO3/c1-2;;2*2-1(3)4/h2H,1H3;;;/q;+2;2*-1. The fraction of sp³-hybridized carbons (Fsp3) is 1.00. The second-order valence-electron chi connectivity index (χ2n) is 0.447. The Morgan fingerprint density at radius 1 is 0.909 bits per heavy atom. The smallest absolute Gasteiger partial charge is 0.400 e. The van der Waals surface area contributed by atoms with Crippen LogP contribution in [0.15, 0.2) is 0 Å². The van der Waals surface area contributed by atoms with Gasteiger partial charge in [0, 0.05) is 7.11 Å². The zero-order chi connectivity index (χ0) is 9.15. The van der Waals surface area contributed by atoms with Gasteiger partial charge in [0.05, 0.1) is 10.2 Å². The van der Waals surface area contributed by atoms with Crippen LogP contribution in [0.3, 0.4) is 0 Å². The molecule has 0 bridgehead atoms. The van der Waals surface area contributed by atoms with Crippen LogP contribution < -0.4 is 0 Å². The van der Waals surface area contributed by atoms with Crippen molar-refractivity contribution in [3.63, 3.8) is 0 Å². The summed E-state index contributed by atoms with van der Waals surface area (Å²) >= 11 is 0. The molecule has 0 aliphatic rings. The van der Waals surface area contributed by atoms with E-state index in [-0.39, 0.29) is 17.1 Å². The molecule has 0 aromatic heterocycles. The molecule has 10 heteroatoms. The molecule has 9 nitrogen and oxygen atoms in total. The maximum Gasteiger partial charge on any atom is 2.00 e. The van der Waals surface area contributed by atoms with Crippen LogP contribution in [-0.4, -0.2) is 22.4 Å². The molecule has 0 aliphatic carbocycles. The Morgan fingerprint density at radius 3 is 0.909 bits per heavy atom. The molecule has 0 atom stereocenters. The van der Waals surface area contributed by atoms with Crippen molar-refractivity contribution < 1.29 is 32.3 Å². The number of hydrogen-bond donors (Lipinski definition) is 1. The molecular formula is CH4MnN2O7. The van der Waals surface area contributed by atoms with E-state index in [9.17, 15) is 0 Å². The van der Waals surface area contributed by atoms with Crippen molar-refractivity contribution >= 4 is 0 Å². The van der Waals surface area contributed by atoms with Crippen LogP contribution in [0.4, 0.5) is 0 Å². The Bertz CT molecular complexity index is 74.4. The van der Waals surface area contributed by atoms with Crippen molar-refractivity contribution in [3.05, 3.63) is 30.6 Å². The Balaban J connectivity index is -0.0000000339. The van der Waals surface area contributed by atoms with Crippen LogP contribution in [0.5, 0.6) is 0 Å². The van der Waals surface area contributed by atoms with E-state index in [0.717, 1.165) is 7.11 Å². The third kappa shape index (κ3) is 335. The first-order valence-corrected chi connectivity index (χ1v) is 1.54. The summed E-state index contributed by atoms with van der Waals surface area (Å²) < 4.78 is 0. The van der Waals surface area contributed by atoms with Gasteiger partial charge in [-0.25, -0.2) is 0 Å². The topological polar surface area (TPSA) is 153 Å². The first-order valence-electron chi connectivity index (χ1n) is 1.54. The molecule has 0 fully saturated rings. The minimum absolute atomic E-state index is 0. The molecule has 0 heterocycles. The third-order valence-electron chi connectivity index (χ3n) is 0. The average Bonchev–Trinajstić information content (AvgIpc) is 1.66. The van der Waals surface area contributed by atoms with E-state index in [1.807, 2.05) is 0 Å². The molecule has 0 unspecified atom stereocenters. The van der Waals surface area contributed by atoms with Crippen LogP contribution in [0.25, 0.3) is 0 Å². The summed E-state index contributed by atoms with van der Waals surface area (Å²) in [5, 5.41) is 36.5. The SMILES string of the molecule is CO.O=[N+]([O-])[O-].O=[N+]([O-])[O-].[Mn+2]. The summed E-state index contributed by atoms with van der Waals surface area (Å²) in [6.45, 7) is 0. The Hall–Kier alpha value is -1.12. The van der Waals surface area contributed by atoms with Crippen molar-refractivity contribution in [2.45, 2.75) is 0 Å². The van der Waals surface area contributed by atoms with Crippen LogP contribution in [0.1, 0.15) is 0 Å². The van der Waals surface area contributed by atoms with E-state index in [4.69, 9.17) is 35.7 Å². The van der Waals surface area contributed by atoms with Gasteiger partial charge in [0.15, 0.2) is 0 Å². The van der Waals surface area contributed by atoms with Gasteiger partial charge >= 0.3 is 17.1 Å². The first kappa shape index (κ1) is 22.5. The molecule has 0 saturated heterocycles. The van der Waals surface area contributed by atoms with E-state index in [0.29, 0.717) is 0 Å². The molecule has 67 valence electrons. The normalized spacial score (nSPS) is 4.91. The van der Waals surface area contributed by atoms with Crippen molar-refractivity contribution in [1.29, 1.82) is 0 Å². The summed E-state index contributed by atoms with van der Waals surface area (Å²) in [6.07, 6.45) is 0. The molecule has 1 N–H and O–H groups in total. The summed E-state index contributed by atoms with van der Waals surface area (Å²) in [5.41, 5.74) is 0. The number of rotatable bonds is 0. The molecule has 0 saturated carbocycles. The largest absolute Gasteiger partial charge is 2.00 e. The van der Waals surface area contributed by atoms with E-state index in [1.165, 1.54) is 0 Å². The van der Waals surface area contributed by atoms with Gasteiger partial charge in [0.25, 0.3) is 0 Å². The molecule has 1 radical (unpaired) electrons. The second kappa shape index (κ2) is 23.2. The Labute approximate surface area is 70.9 Å². The molecule has 0 aromatic rings. The van der Waals surface area contributed by atoms with E-state index in [2.05, 4.69) is 0 Å². The molecule has 11 heavy (non-hydrogen) atoms.